The van der Waals surface area contributed by atoms with Crippen LogP contribution in [0.5, 0.6) is 0 Å². The van der Waals surface area contributed by atoms with Gasteiger partial charge in [-0.25, -0.2) is 4.98 Å². The zero-order chi connectivity index (χ0) is 11.5. The molecule has 2 rings (SSSR count). The van der Waals surface area contributed by atoms with Crippen LogP contribution in [-0.4, -0.2) is 4.98 Å². The molecule has 0 aliphatic heterocycles. The van der Waals surface area contributed by atoms with E-state index in [0.717, 1.165) is 17.4 Å². The van der Waals surface area contributed by atoms with Crippen LogP contribution >= 0.6 is 11.3 Å². The molecule has 0 atom stereocenters. The fraction of sp³-hybridized carbons (Fsp3) is 0.308. The number of nitrogens with one attached hydrogen (secondary N) is 1. The van der Waals surface area contributed by atoms with Gasteiger partial charge in [0.1, 0.15) is 0 Å². The smallest absolute Gasteiger partial charge is 0.183 e. The molecular weight excluding hydrogens is 216 g/mol. The SMILES string of the molecule is Cc1cccc(CNc2nc(C)c(C)s2)c1. The van der Waals surface area contributed by atoms with Crippen molar-refractivity contribution in [1.29, 1.82) is 0 Å². The lowest BCUT2D eigenvalue weighted by Crippen LogP contribution is -1.98. The Labute approximate surface area is 100 Å². The standard InChI is InChI=1S/C13H16N2S/c1-9-5-4-6-12(7-9)8-14-13-15-10(2)11(3)16-13/h4-7H,8H2,1-3H3,(H,14,15). The summed E-state index contributed by atoms with van der Waals surface area (Å²) in [7, 11) is 0. The molecule has 0 fully saturated rings. The maximum Gasteiger partial charge on any atom is 0.183 e. The average molecular weight is 232 g/mol. The van der Waals surface area contributed by atoms with Crippen molar-refractivity contribution in [2.75, 3.05) is 5.32 Å². The first-order valence-corrected chi connectivity index (χ1v) is 6.20. The quantitative estimate of drug-likeness (QED) is 0.873. The molecule has 1 aromatic carbocycles. The average Bonchev–Trinajstić information content (AvgIpc) is 2.56. The van der Waals surface area contributed by atoms with Gasteiger partial charge in [0.15, 0.2) is 5.13 Å². The molecule has 0 spiro atoms. The largest absolute Gasteiger partial charge is 0.357 e. The number of hydrogen-bond donors (Lipinski definition) is 1. The van der Waals surface area contributed by atoms with Crippen LogP contribution in [0.4, 0.5) is 5.13 Å². The van der Waals surface area contributed by atoms with Crippen molar-refractivity contribution in [2.24, 2.45) is 0 Å². The van der Waals surface area contributed by atoms with Gasteiger partial charge in [-0.3, -0.25) is 0 Å². The Morgan fingerprint density at radius 3 is 2.69 bits per heavy atom. The van der Waals surface area contributed by atoms with Gasteiger partial charge in [-0.15, -0.1) is 11.3 Å². The number of anilines is 1. The lowest BCUT2D eigenvalue weighted by atomic mass is 10.1. The van der Waals surface area contributed by atoms with Crippen LogP contribution in [0, 0.1) is 20.8 Å². The van der Waals surface area contributed by atoms with Crippen molar-refractivity contribution >= 4 is 16.5 Å². The highest BCUT2D eigenvalue weighted by Gasteiger charge is 2.02. The van der Waals surface area contributed by atoms with Crippen molar-refractivity contribution < 1.29 is 0 Å². The highest BCUT2D eigenvalue weighted by molar-refractivity contribution is 7.15. The van der Waals surface area contributed by atoms with E-state index in [0.29, 0.717) is 0 Å². The van der Waals surface area contributed by atoms with Crippen LogP contribution in [0.3, 0.4) is 0 Å². The molecule has 0 saturated heterocycles. The van der Waals surface area contributed by atoms with E-state index in [2.05, 4.69) is 48.4 Å². The molecule has 0 saturated carbocycles. The van der Waals surface area contributed by atoms with E-state index in [-0.39, 0.29) is 0 Å². The summed E-state index contributed by atoms with van der Waals surface area (Å²) in [6.45, 7) is 7.10. The third kappa shape index (κ3) is 2.61. The second-order valence-corrected chi connectivity index (χ2v) is 5.21. The number of benzene rings is 1. The highest BCUT2D eigenvalue weighted by atomic mass is 32.1. The maximum absolute atomic E-state index is 4.46. The topological polar surface area (TPSA) is 24.9 Å². The maximum atomic E-state index is 4.46. The zero-order valence-electron chi connectivity index (χ0n) is 9.87. The molecule has 0 bridgehead atoms. The zero-order valence-corrected chi connectivity index (χ0v) is 10.7. The Hall–Kier alpha value is -1.35. The second-order valence-electron chi connectivity index (χ2n) is 4.00. The first kappa shape index (κ1) is 11.1. The van der Waals surface area contributed by atoms with E-state index in [9.17, 15) is 0 Å². The van der Waals surface area contributed by atoms with Gasteiger partial charge >= 0.3 is 0 Å². The van der Waals surface area contributed by atoms with Crippen LogP contribution < -0.4 is 5.32 Å². The van der Waals surface area contributed by atoms with Gasteiger partial charge in [-0.05, 0) is 26.3 Å². The fourth-order valence-electron chi connectivity index (χ4n) is 1.55. The molecule has 0 radical (unpaired) electrons. The van der Waals surface area contributed by atoms with Gasteiger partial charge < -0.3 is 5.32 Å². The molecule has 0 aliphatic carbocycles. The Balaban J connectivity index is 2.02. The predicted octanol–water partition coefficient (Wildman–Crippen LogP) is 3.68. The Kier molecular flexibility index (Phi) is 3.25. The third-order valence-electron chi connectivity index (χ3n) is 2.55. The molecule has 2 nitrogen and oxygen atoms in total. The molecule has 16 heavy (non-hydrogen) atoms. The van der Waals surface area contributed by atoms with Gasteiger partial charge in [0.25, 0.3) is 0 Å². The molecule has 0 aliphatic rings. The van der Waals surface area contributed by atoms with Gasteiger partial charge in [0.05, 0.1) is 5.69 Å². The van der Waals surface area contributed by atoms with E-state index in [1.807, 2.05) is 6.92 Å². The molecule has 0 unspecified atom stereocenters. The number of thiazole rings is 1. The summed E-state index contributed by atoms with van der Waals surface area (Å²) in [6, 6.07) is 8.53. The minimum Gasteiger partial charge on any atom is -0.357 e. The fourth-order valence-corrected chi connectivity index (χ4v) is 2.36. The number of hydrogen-bond acceptors (Lipinski definition) is 3. The van der Waals surface area contributed by atoms with Crippen LogP contribution in [0.2, 0.25) is 0 Å². The molecule has 1 aromatic heterocycles. The molecule has 3 heteroatoms. The number of rotatable bonds is 3. The first-order chi connectivity index (χ1) is 7.65. The van der Waals surface area contributed by atoms with Crippen molar-refractivity contribution in [3.8, 4) is 0 Å². The van der Waals surface area contributed by atoms with Crippen molar-refractivity contribution in [2.45, 2.75) is 27.3 Å². The molecule has 84 valence electrons. The summed E-state index contributed by atoms with van der Waals surface area (Å²) >= 11 is 1.72. The van der Waals surface area contributed by atoms with E-state index >= 15 is 0 Å². The van der Waals surface area contributed by atoms with Gasteiger partial charge in [-0.1, -0.05) is 29.8 Å². The van der Waals surface area contributed by atoms with Crippen molar-refractivity contribution in [3.63, 3.8) is 0 Å². The summed E-state index contributed by atoms with van der Waals surface area (Å²) in [6.07, 6.45) is 0. The highest BCUT2D eigenvalue weighted by Crippen LogP contribution is 2.21. The Morgan fingerprint density at radius 1 is 1.25 bits per heavy atom. The van der Waals surface area contributed by atoms with Crippen LogP contribution in [0.25, 0.3) is 0 Å². The first-order valence-electron chi connectivity index (χ1n) is 5.38. The minimum absolute atomic E-state index is 0.841. The van der Waals surface area contributed by atoms with Gasteiger partial charge in [0, 0.05) is 11.4 Å². The van der Waals surface area contributed by atoms with Crippen molar-refractivity contribution in [1.82, 2.24) is 4.98 Å². The monoisotopic (exact) mass is 232 g/mol. The van der Waals surface area contributed by atoms with E-state index in [4.69, 9.17) is 0 Å². The molecule has 1 N–H and O–H groups in total. The predicted molar refractivity (Wildman–Crippen MR) is 70.1 cm³/mol. The van der Waals surface area contributed by atoms with E-state index in [1.165, 1.54) is 16.0 Å². The van der Waals surface area contributed by atoms with Gasteiger partial charge in [0.2, 0.25) is 0 Å². The summed E-state index contributed by atoms with van der Waals surface area (Å²) in [4.78, 5) is 5.74. The minimum atomic E-state index is 0.841. The Morgan fingerprint density at radius 2 is 2.06 bits per heavy atom. The molecule has 0 amide bonds. The summed E-state index contributed by atoms with van der Waals surface area (Å²) in [5, 5.41) is 4.37. The van der Waals surface area contributed by atoms with Gasteiger partial charge in [-0.2, -0.15) is 0 Å². The Bertz CT molecular complexity index is 469. The summed E-state index contributed by atoms with van der Waals surface area (Å²) in [5.41, 5.74) is 3.72. The van der Waals surface area contributed by atoms with Crippen LogP contribution in [0.1, 0.15) is 21.7 Å². The van der Waals surface area contributed by atoms with Crippen LogP contribution in [0.15, 0.2) is 24.3 Å². The van der Waals surface area contributed by atoms with Crippen LogP contribution in [-0.2, 0) is 6.54 Å². The second kappa shape index (κ2) is 4.66. The summed E-state index contributed by atoms with van der Waals surface area (Å²) < 4.78 is 0. The normalized spacial score (nSPS) is 10.4. The van der Waals surface area contributed by atoms with E-state index < -0.39 is 0 Å². The molecular formula is C13H16N2S. The third-order valence-corrected chi connectivity index (χ3v) is 3.59. The molecule has 2 aromatic rings. The van der Waals surface area contributed by atoms with E-state index in [1.54, 1.807) is 11.3 Å². The summed E-state index contributed by atoms with van der Waals surface area (Å²) in [5.74, 6) is 0. The lowest BCUT2D eigenvalue weighted by molar-refractivity contribution is 1.11. The number of aryl methyl sites for hydroxylation is 3. The number of aromatic nitrogens is 1. The lowest BCUT2D eigenvalue weighted by Gasteiger charge is -2.03. The number of nitrogens with zero attached hydrogens (tertiary/aromatic N) is 1. The van der Waals surface area contributed by atoms with Crippen molar-refractivity contribution in [3.05, 3.63) is 46.0 Å². The molecule has 1 heterocycles.